The van der Waals surface area contributed by atoms with Crippen molar-refractivity contribution >= 4 is 11.6 Å². The summed E-state index contributed by atoms with van der Waals surface area (Å²) in [6, 6.07) is 9.39. The van der Waals surface area contributed by atoms with Crippen molar-refractivity contribution in [1.29, 1.82) is 0 Å². The normalized spacial score (nSPS) is 16.5. The molecule has 0 saturated carbocycles. The topological polar surface area (TPSA) is 85.0 Å². The van der Waals surface area contributed by atoms with E-state index in [-0.39, 0.29) is 5.91 Å². The Balaban J connectivity index is 1.55. The molecule has 3 aromatic rings. The van der Waals surface area contributed by atoms with E-state index in [4.69, 9.17) is 4.42 Å². The SMILES string of the molecule is O=C(Nc1ccc(-c2cnco2)cc1)C1(n2cccn2)CCNCC1. The van der Waals surface area contributed by atoms with Gasteiger partial charge in [-0.2, -0.15) is 5.10 Å². The molecule has 128 valence electrons. The Labute approximate surface area is 145 Å². The number of hydrogen-bond acceptors (Lipinski definition) is 5. The highest BCUT2D eigenvalue weighted by molar-refractivity contribution is 5.97. The molecule has 3 heterocycles. The van der Waals surface area contributed by atoms with Crippen molar-refractivity contribution in [2.24, 2.45) is 0 Å². The monoisotopic (exact) mass is 337 g/mol. The lowest BCUT2D eigenvalue weighted by Gasteiger charge is -2.36. The number of nitrogens with zero attached hydrogens (tertiary/aromatic N) is 3. The van der Waals surface area contributed by atoms with Crippen LogP contribution in [-0.2, 0) is 10.3 Å². The van der Waals surface area contributed by atoms with E-state index < -0.39 is 5.54 Å². The predicted octanol–water partition coefficient (Wildman–Crippen LogP) is 2.26. The maximum absolute atomic E-state index is 13.1. The number of hydrogen-bond donors (Lipinski definition) is 2. The van der Waals surface area contributed by atoms with Gasteiger partial charge < -0.3 is 15.1 Å². The van der Waals surface area contributed by atoms with Crippen LogP contribution in [0.25, 0.3) is 11.3 Å². The van der Waals surface area contributed by atoms with E-state index in [0.29, 0.717) is 18.6 Å². The summed E-state index contributed by atoms with van der Waals surface area (Å²) in [5.41, 5.74) is 1.01. The third-order valence-corrected chi connectivity index (χ3v) is 4.66. The number of oxazole rings is 1. The van der Waals surface area contributed by atoms with Gasteiger partial charge >= 0.3 is 0 Å². The van der Waals surface area contributed by atoms with Crippen LogP contribution in [0.5, 0.6) is 0 Å². The standard InChI is InChI=1S/C18H19N5O2/c24-17(18(6-9-19-10-7-18)23-11-1-8-21-23)22-15-4-2-14(3-5-15)16-12-20-13-25-16/h1-5,8,11-13,19H,6-7,9-10H2,(H,22,24). The molecule has 1 aliphatic rings. The number of rotatable bonds is 4. The lowest BCUT2D eigenvalue weighted by molar-refractivity contribution is -0.126. The highest BCUT2D eigenvalue weighted by Crippen LogP contribution is 2.29. The van der Waals surface area contributed by atoms with Crippen molar-refractivity contribution in [3.8, 4) is 11.3 Å². The Hall–Kier alpha value is -2.93. The molecule has 1 aromatic carbocycles. The molecule has 2 N–H and O–H groups in total. The number of amides is 1. The second kappa shape index (κ2) is 6.52. The predicted molar refractivity (Wildman–Crippen MR) is 92.9 cm³/mol. The Morgan fingerprint density at radius 3 is 2.68 bits per heavy atom. The number of aromatic nitrogens is 3. The van der Waals surface area contributed by atoms with Gasteiger partial charge in [-0.1, -0.05) is 0 Å². The number of piperidine rings is 1. The Morgan fingerprint density at radius 2 is 2.04 bits per heavy atom. The second-order valence-electron chi connectivity index (χ2n) is 6.13. The zero-order valence-electron chi connectivity index (χ0n) is 13.7. The second-order valence-corrected chi connectivity index (χ2v) is 6.13. The molecule has 0 bridgehead atoms. The van der Waals surface area contributed by atoms with Gasteiger partial charge in [0.25, 0.3) is 5.91 Å². The molecule has 0 radical (unpaired) electrons. The lowest BCUT2D eigenvalue weighted by atomic mass is 9.87. The van der Waals surface area contributed by atoms with Crippen LogP contribution in [0.3, 0.4) is 0 Å². The van der Waals surface area contributed by atoms with Crippen molar-refractivity contribution in [2.75, 3.05) is 18.4 Å². The molecule has 1 amide bonds. The van der Waals surface area contributed by atoms with E-state index in [1.165, 1.54) is 6.39 Å². The average Bonchev–Trinajstić information content (AvgIpc) is 3.37. The molecular weight excluding hydrogens is 318 g/mol. The van der Waals surface area contributed by atoms with E-state index in [1.54, 1.807) is 17.1 Å². The smallest absolute Gasteiger partial charge is 0.252 e. The van der Waals surface area contributed by atoms with Crippen LogP contribution in [-0.4, -0.2) is 33.8 Å². The van der Waals surface area contributed by atoms with Crippen molar-refractivity contribution < 1.29 is 9.21 Å². The first kappa shape index (κ1) is 15.6. The Kier molecular flexibility index (Phi) is 4.07. The molecule has 25 heavy (non-hydrogen) atoms. The molecule has 1 fully saturated rings. The van der Waals surface area contributed by atoms with Crippen LogP contribution < -0.4 is 10.6 Å². The third-order valence-electron chi connectivity index (χ3n) is 4.66. The van der Waals surface area contributed by atoms with E-state index in [0.717, 1.165) is 24.3 Å². The fourth-order valence-corrected chi connectivity index (χ4v) is 3.25. The van der Waals surface area contributed by atoms with Gasteiger partial charge in [-0.3, -0.25) is 9.48 Å². The van der Waals surface area contributed by atoms with Gasteiger partial charge in [0.2, 0.25) is 0 Å². The van der Waals surface area contributed by atoms with Crippen molar-refractivity contribution in [3.05, 3.63) is 55.3 Å². The fraction of sp³-hybridized carbons (Fsp3) is 0.278. The van der Waals surface area contributed by atoms with Crippen LogP contribution in [0, 0.1) is 0 Å². The summed E-state index contributed by atoms with van der Waals surface area (Å²) < 4.78 is 7.07. The summed E-state index contributed by atoms with van der Waals surface area (Å²) in [4.78, 5) is 17.0. The van der Waals surface area contributed by atoms with Gasteiger partial charge in [-0.05, 0) is 56.3 Å². The molecular formula is C18H19N5O2. The summed E-state index contributed by atoms with van der Waals surface area (Å²) in [5.74, 6) is 0.661. The summed E-state index contributed by atoms with van der Waals surface area (Å²) >= 11 is 0. The number of anilines is 1. The lowest BCUT2D eigenvalue weighted by Crippen LogP contribution is -2.52. The molecule has 2 aromatic heterocycles. The number of carbonyl (C=O) groups excluding carboxylic acids is 1. The fourth-order valence-electron chi connectivity index (χ4n) is 3.25. The number of benzene rings is 1. The van der Waals surface area contributed by atoms with Crippen LogP contribution >= 0.6 is 0 Å². The van der Waals surface area contributed by atoms with Gasteiger partial charge in [0, 0.05) is 23.6 Å². The zero-order chi connectivity index (χ0) is 17.1. The maximum atomic E-state index is 13.1. The molecule has 0 spiro atoms. The largest absolute Gasteiger partial charge is 0.444 e. The van der Waals surface area contributed by atoms with Crippen molar-refractivity contribution in [3.63, 3.8) is 0 Å². The summed E-state index contributed by atoms with van der Waals surface area (Å²) in [6.07, 6.45) is 8.04. The van der Waals surface area contributed by atoms with E-state index >= 15 is 0 Å². The molecule has 0 unspecified atom stereocenters. The first-order valence-electron chi connectivity index (χ1n) is 8.29. The van der Waals surface area contributed by atoms with Gasteiger partial charge in [-0.15, -0.1) is 0 Å². The molecule has 7 nitrogen and oxygen atoms in total. The van der Waals surface area contributed by atoms with E-state index in [2.05, 4.69) is 20.7 Å². The summed E-state index contributed by atoms with van der Waals surface area (Å²) in [6.45, 7) is 1.58. The van der Waals surface area contributed by atoms with Crippen LogP contribution in [0.1, 0.15) is 12.8 Å². The molecule has 1 aliphatic heterocycles. The molecule has 0 atom stereocenters. The Bertz CT molecular complexity index is 819. The van der Waals surface area contributed by atoms with Gasteiger partial charge in [0.1, 0.15) is 5.54 Å². The zero-order valence-corrected chi connectivity index (χ0v) is 13.7. The van der Waals surface area contributed by atoms with Crippen molar-refractivity contribution in [2.45, 2.75) is 18.4 Å². The van der Waals surface area contributed by atoms with Crippen LogP contribution in [0.2, 0.25) is 0 Å². The summed E-state index contributed by atoms with van der Waals surface area (Å²) in [5, 5.41) is 10.7. The van der Waals surface area contributed by atoms with Gasteiger partial charge in [0.05, 0.1) is 6.20 Å². The average molecular weight is 337 g/mol. The van der Waals surface area contributed by atoms with E-state index in [9.17, 15) is 4.79 Å². The minimum atomic E-state index is -0.654. The molecule has 0 aliphatic carbocycles. The highest BCUT2D eigenvalue weighted by atomic mass is 16.3. The Morgan fingerprint density at radius 1 is 1.24 bits per heavy atom. The minimum absolute atomic E-state index is 0.0369. The van der Waals surface area contributed by atoms with Crippen LogP contribution in [0.4, 0.5) is 5.69 Å². The van der Waals surface area contributed by atoms with E-state index in [1.807, 2.05) is 36.5 Å². The van der Waals surface area contributed by atoms with Crippen LogP contribution in [0.15, 0.2) is 59.7 Å². The quantitative estimate of drug-likeness (QED) is 0.763. The number of nitrogens with one attached hydrogen (secondary N) is 2. The van der Waals surface area contributed by atoms with Gasteiger partial charge in [0.15, 0.2) is 12.2 Å². The maximum Gasteiger partial charge on any atom is 0.252 e. The minimum Gasteiger partial charge on any atom is -0.444 e. The summed E-state index contributed by atoms with van der Waals surface area (Å²) in [7, 11) is 0. The first-order valence-corrected chi connectivity index (χ1v) is 8.29. The third kappa shape index (κ3) is 2.94. The van der Waals surface area contributed by atoms with Crippen molar-refractivity contribution in [1.82, 2.24) is 20.1 Å². The molecule has 4 rings (SSSR count). The molecule has 1 saturated heterocycles. The van der Waals surface area contributed by atoms with Gasteiger partial charge in [-0.25, -0.2) is 4.98 Å². The first-order chi connectivity index (χ1) is 12.3. The highest BCUT2D eigenvalue weighted by Gasteiger charge is 2.42. The molecule has 7 heteroatoms. The number of carbonyl (C=O) groups is 1.